The minimum absolute atomic E-state index is 1.02. The molecule has 4 heterocycles. The quantitative estimate of drug-likeness (QED) is 0.926. The second kappa shape index (κ2) is 6.95. The first kappa shape index (κ1) is 15.1. The number of nitrogens with one attached hydrogen (secondary N) is 1. The van der Waals surface area contributed by atoms with E-state index >= 15 is 0 Å². The summed E-state index contributed by atoms with van der Waals surface area (Å²) < 4.78 is 0. The van der Waals surface area contributed by atoms with E-state index in [1.165, 1.54) is 22.0 Å². The molecule has 2 aliphatic rings. The van der Waals surface area contributed by atoms with Crippen LogP contribution >= 0.6 is 11.3 Å². The molecule has 2 aliphatic heterocycles. The smallest absolute Gasteiger partial charge is 0.135 e. The third-order valence-corrected chi connectivity index (χ3v) is 5.59. The molecule has 23 heavy (non-hydrogen) atoms. The number of hydrogen-bond acceptors (Lipinski definition) is 6. The Morgan fingerprint density at radius 2 is 1.96 bits per heavy atom. The minimum Gasteiger partial charge on any atom is -0.354 e. The molecule has 1 fully saturated rings. The fourth-order valence-corrected chi connectivity index (χ4v) is 4.21. The van der Waals surface area contributed by atoms with Crippen molar-refractivity contribution in [1.82, 2.24) is 20.2 Å². The Kier molecular flexibility index (Phi) is 4.55. The Morgan fingerprint density at radius 1 is 1.09 bits per heavy atom. The van der Waals surface area contributed by atoms with Crippen LogP contribution in [0.5, 0.6) is 0 Å². The van der Waals surface area contributed by atoms with Gasteiger partial charge < -0.3 is 10.2 Å². The maximum absolute atomic E-state index is 4.63. The standard InChI is InChI=1S/C17H23N5S/c1-2-14(23-11-1)12-21-7-9-22(10-8-21)17-15-3-5-18-6-4-16(15)19-13-20-17/h1-2,11,13,18H,3-10,12H2. The lowest BCUT2D eigenvalue weighted by atomic mass is 10.1. The topological polar surface area (TPSA) is 44.3 Å². The van der Waals surface area contributed by atoms with Gasteiger partial charge in [0.15, 0.2) is 0 Å². The van der Waals surface area contributed by atoms with Crippen molar-refractivity contribution >= 4 is 17.2 Å². The van der Waals surface area contributed by atoms with E-state index in [-0.39, 0.29) is 0 Å². The molecule has 1 N–H and O–H groups in total. The van der Waals surface area contributed by atoms with Crippen LogP contribution in [0.15, 0.2) is 23.8 Å². The molecule has 0 unspecified atom stereocenters. The van der Waals surface area contributed by atoms with Gasteiger partial charge >= 0.3 is 0 Å². The van der Waals surface area contributed by atoms with Crippen LogP contribution in [-0.4, -0.2) is 54.1 Å². The average molecular weight is 329 g/mol. The third kappa shape index (κ3) is 3.39. The van der Waals surface area contributed by atoms with Crippen LogP contribution in [-0.2, 0) is 19.4 Å². The Bertz CT molecular complexity index is 634. The molecule has 0 aliphatic carbocycles. The Morgan fingerprint density at radius 3 is 2.78 bits per heavy atom. The monoisotopic (exact) mass is 329 g/mol. The highest BCUT2D eigenvalue weighted by atomic mass is 32.1. The number of aromatic nitrogens is 2. The van der Waals surface area contributed by atoms with Crippen LogP contribution in [0.2, 0.25) is 0 Å². The minimum atomic E-state index is 1.02. The number of anilines is 1. The number of thiophene rings is 1. The van der Waals surface area contributed by atoms with Crippen molar-refractivity contribution in [3.63, 3.8) is 0 Å². The lowest BCUT2D eigenvalue weighted by molar-refractivity contribution is 0.251. The summed E-state index contributed by atoms with van der Waals surface area (Å²) >= 11 is 1.85. The maximum atomic E-state index is 4.63. The van der Waals surface area contributed by atoms with Gasteiger partial charge in [0.05, 0.1) is 5.69 Å². The fraction of sp³-hybridized carbons (Fsp3) is 0.529. The van der Waals surface area contributed by atoms with Gasteiger partial charge in [-0.15, -0.1) is 11.3 Å². The molecule has 2 aromatic rings. The van der Waals surface area contributed by atoms with Gasteiger partial charge in [-0.1, -0.05) is 6.07 Å². The third-order valence-electron chi connectivity index (χ3n) is 4.73. The van der Waals surface area contributed by atoms with Crippen molar-refractivity contribution < 1.29 is 0 Å². The summed E-state index contributed by atoms with van der Waals surface area (Å²) in [5, 5.41) is 5.63. The van der Waals surface area contributed by atoms with Crippen LogP contribution in [0.25, 0.3) is 0 Å². The van der Waals surface area contributed by atoms with Crippen LogP contribution in [0.4, 0.5) is 5.82 Å². The number of hydrogen-bond donors (Lipinski definition) is 1. The number of fused-ring (bicyclic) bond motifs is 1. The summed E-state index contributed by atoms with van der Waals surface area (Å²) in [5.74, 6) is 1.18. The summed E-state index contributed by atoms with van der Waals surface area (Å²) in [7, 11) is 0. The zero-order valence-corrected chi connectivity index (χ0v) is 14.2. The van der Waals surface area contributed by atoms with Crippen LogP contribution in [0.3, 0.4) is 0 Å². The SMILES string of the molecule is c1csc(CN2CCN(c3ncnc4c3CCNCC4)CC2)c1. The maximum Gasteiger partial charge on any atom is 0.135 e. The largest absolute Gasteiger partial charge is 0.354 e. The molecule has 0 radical (unpaired) electrons. The van der Waals surface area contributed by atoms with Gasteiger partial charge in [-0.25, -0.2) is 9.97 Å². The molecule has 0 spiro atoms. The van der Waals surface area contributed by atoms with Crippen molar-refractivity contribution in [3.05, 3.63) is 40.0 Å². The molecule has 2 aromatic heterocycles. The van der Waals surface area contributed by atoms with Crippen LogP contribution in [0, 0.1) is 0 Å². The zero-order chi connectivity index (χ0) is 15.5. The molecule has 1 saturated heterocycles. The molecule has 4 rings (SSSR count). The molecular weight excluding hydrogens is 306 g/mol. The molecule has 122 valence electrons. The molecule has 6 heteroatoms. The van der Waals surface area contributed by atoms with Gasteiger partial charge in [0.1, 0.15) is 12.1 Å². The predicted molar refractivity (Wildman–Crippen MR) is 94.1 cm³/mol. The van der Waals surface area contributed by atoms with Gasteiger partial charge in [0, 0.05) is 56.1 Å². The van der Waals surface area contributed by atoms with Gasteiger partial charge in [0.25, 0.3) is 0 Å². The molecule has 0 amide bonds. The lowest BCUT2D eigenvalue weighted by Crippen LogP contribution is -2.46. The fourth-order valence-electron chi connectivity index (χ4n) is 3.47. The van der Waals surface area contributed by atoms with Gasteiger partial charge in [-0.05, 0) is 24.4 Å². The summed E-state index contributed by atoms with van der Waals surface area (Å²) in [4.78, 5) is 15.6. The molecule has 0 bridgehead atoms. The number of nitrogens with zero attached hydrogens (tertiary/aromatic N) is 4. The van der Waals surface area contributed by atoms with E-state index < -0.39 is 0 Å². The van der Waals surface area contributed by atoms with Crippen molar-refractivity contribution in [2.24, 2.45) is 0 Å². The number of rotatable bonds is 3. The second-order valence-corrected chi connectivity index (χ2v) is 7.25. The number of piperazine rings is 1. The Labute approximate surface area is 141 Å². The average Bonchev–Trinajstić information content (AvgIpc) is 2.97. The lowest BCUT2D eigenvalue weighted by Gasteiger charge is -2.36. The van der Waals surface area contributed by atoms with Crippen LogP contribution in [0.1, 0.15) is 16.1 Å². The Hall–Kier alpha value is -1.50. The molecule has 0 aromatic carbocycles. The first-order chi connectivity index (χ1) is 11.4. The molecule has 0 atom stereocenters. The molecular formula is C17H23N5S. The van der Waals surface area contributed by atoms with E-state index in [1.54, 1.807) is 6.33 Å². The predicted octanol–water partition coefficient (Wildman–Crippen LogP) is 1.55. The van der Waals surface area contributed by atoms with E-state index in [9.17, 15) is 0 Å². The summed E-state index contributed by atoms with van der Waals surface area (Å²) in [6.07, 6.45) is 3.81. The van der Waals surface area contributed by atoms with E-state index in [2.05, 4.69) is 42.6 Å². The molecule has 5 nitrogen and oxygen atoms in total. The molecule has 0 saturated carbocycles. The van der Waals surface area contributed by atoms with Crippen LogP contribution < -0.4 is 10.2 Å². The summed E-state index contributed by atoms with van der Waals surface area (Å²) in [5.41, 5.74) is 2.60. The van der Waals surface area contributed by atoms with Gasteiger partial charge in [-0.2, -0.15) is 0 Å². The zero-order valence-electron chi connectivity index (χ0n) is 13.4. The highest BCUT2D eigenvalue weighted by molar-refractivity contribution is 7.09. The highest BCUT2D eigenvalue weighted by Gasteiger charge is 2.23. The first-order valence-electron chi connectivity index (χ1n) is 8.43. The van der Waals surface area contributed by atoms with E-state index in [0.29, 0.717) is 0 Å². The van der Waals surface area contributed by atoms with E-state index in [0.717, 1.165) is 58.7 Å². The summed E-state index contributed by atoms with van der Waals surface area (Å²) in [6, 6.07) is 4.37. The van der Waals surface area contributed by atoms with Crippen molar-refractivity contribution in [2.45, 2.75) is 19.4 Å². The normalized spacial score (nSPS) is 19.4. The second-order valence-electron chi connectivity index (χ2n) is 6.22. The first-order valence-corrected chi connectivity index (χ1v) is 9.31. The van der Waals surface area contributed by atoms with Gasteiger partial charge in [0.2, 0.25) is 0 Å². The van der Waals surface area contributed by atoms with E-state index in [4.69, 9.17) is 0 Å². The highest BCUT2D eigenvalue weighted by Crippen LogP contribution is 2.24. The van der Waals surface area contributed by atoms with E-state index in [1.807, 2.05) is 11.3 Å². The summed E-state index contributed by atoms with van der Waals surface area (Å²) in [6.45, 7) is 7.47. The van der Waals surface area contributed by atoms with Crippen molar-refractivity contribution in [1.29, 1.82) is 0 Å². The van der Waals surface area contributed by atoms with Crippen molar-refractivity contribution in [2.75, 3.05) is 44.2 Å². The van der Waals surface area contributed by atoms with Crippen molar-refractivity contribution in [3.8, 4) is 0 Å². The van der Waals surface area contributed by atoms with Gasteiger partial charge in [-0.3, -0.25) is 4.90 Å². The Balaban J connectivity index is 1.44.